The zero-order valence-corrected chi connectivity index (χ0v) is 10.3. The number of aromatic nitrogens is 2. The van der Waals surface area contributed by atoms with Gasteiger partial charge in [0.15, 0.2) is 0 Å². The third-order valence-corrected chi connectivity index (χ3v) is 2.85. The standard InChI is InChI=1S/C12H10ClFN2O2/c1-2-7-11(17)15-10(16-12(7)18)8-4-3-6(14)5-9(8)13/h3-5H,2H2,1H3,(H2,15,16,17,18). The van der Waals surface area contributed by atoms with Crippen LogP contribution in [-0.2, 0) is 6.42 Å². The van der Waals surface area contributed by atoms with Crippen LogP contribution in [0.4, 0.5) is 4.39 Å². The minimum atomic E-state index is -0.486. The molecule has 0 spiro atoms. The molecule has 0 amide bonds. The lowest BCUT2D eigenvalue weighted by Crippen LogP contribution is -2.14. The maximum Gasteiger partial charge on any atom is 0.258 e. The van der Waals surface area contributed by atoms with Gasteiger partial charge in [-0.15, -0.1) is 0 Å². The molecule has 2 N–H and O–H groups in total. The smallest absolute Gasteiger partial charge is 0.258 e. The SMILES string of the molecule is CCc1c(O)nc(-c2ccc(F)cc2Cl)[nH]c1=O. The fourth-order valence-corrected chi connectivity index (χ4v) is 1.87. The number of hydrogen-bond acceptors (Lipinski definition) is 3. The molecule has 0 atom stereocenters. The van der Waals surface area contributed by atoms with Gasteiger partial charge in [-0.2, -0.15) is 4.98 Å². The van der Waals surface area contributed by atoms with Gasteiger partial charge in [0.1, 0.15) is 11.6 Å². The van der Waals surface area contributed by atoms with Crippen molar-refractivity contribution in [1.82, 2.24) is 9.97 Å². The molecule has 0 radical (unpaired) electrons. The second kappa shape index (κ2) is 4.78. The molecule has 0 fully saturated rings. The predicted octanol–water partition coefficient (Wildman–Crippen LogP) is 2.50. The van der Waals surface area contributed by atoms with E-state index in [0.29, 0.717) is 12.0 Å². The van der Waals surface area contributed by atoms with Crippen LogP contribution in [0.3, 0.4) is 0 Å². The number of H-pyrrole nitrogens is 1. The minimum Gasteiger partial charge on any atom is -0.493 e. The van der Waals surface area contributed by atoms with E-state index in [-0.39, 0.29) is 22.3 Å². The number of aromatic amines is 1. The van der Waals surface area contributed by atoms with Gasteiger partial charge in [-0.3, -0.25) is 4.79 Å². The minimum absolute atomic E-state index is 0.111. The highest BCUT2D eigenvalue weighted by Crippen LogP contribution is 2.26. The van der Waals surface area contributed by atoms with Gasteiger partial charge in [0.25, 0.3) is 5.56 Å². The Morgan fingerprint density at radius 3 is 2.78 bits per heavy atom. The van der Waals surface area contributed by atoms with E-state index in [2.05, 4.69) is 9.97 Å². The average molecular weight is 269 g/mol. The van der Waals surface area contributed by atoms with Crippen molar-refractivity contribution in [2.75, 3.05) is 0 Å². The fraction of sp³-hybridized carbons (Fsp3) is 0.167. The number of rotatable bonds is 2. The first kappa shape index (κ1) is 12.6. The van der Waals surface area contributed by atoms with E-state index in [9.17, 15) is 14.3 Å². The first-order valence-electron chi connectivity index (χ1n) is 5.30. The Labute approximate surface area is 107 Å². The maximum atomic E-state index is 12.9. The molecule has 0 aliphatic carbocycles. The van der Waals surface area contributed by atoms with Crippen LogP contribution in [0.5, 0.6) is 5.88 Å². The lowest BCUT2D eigenvalue weighted by molar-refractivity contribution is 0.444. The zero-order chi connectivity index (χ0) is 13.3. The van der Waals surface area contributed by atoms with Crippen molar-refractivity contribution in [2.45, 2.75) is 13.3 Å². The molecule has 0 bridgehead atoms. The summed E-state index contributed by atoms with van der Waals surface area (Å²) in [6, 6.07) is 3.70. The van der Waals surface area contributed by atoms with Crippen LogP contribution in [0.15, 0.2) is 23.0 Å². The average Bonchev–Trinajstić information content (AvgIpc) is 2.28. The molecule has 2 aromatic rings. The molecule has 1 aromatic carbocycles. The van der Waals surface area contributed by atoms with E-state index >= 15 is 0 Å². The van der Waals surface area contributed by atoms with Crippen LogP contribution in [0, 0.1) is 5.82 Å². The topological polar surface area (TPSA) is 66.0 Å². The van der Waals surface area contributed by atoms with Crippen LogP contribution >= 0.6 is 11.6 Å². The summed E-state index contributed by atoms with van der Waals surface area (Å²) in [6.07, 6.45) is 0.367. The summed E-state index contributed by atoms with van der Waals surface area (Å²) in [7, 11) is 0. The Kier molecular flexibility index (Phi) is 3.34. The quantitative estimate of drug-likeness (QED) is 0.879. The largest absolute Gasteiger partial charge is 0.493 e. The second-order valence-corrected chi connectivity index (χ2v) is 4.10. The summed E-state index contributed by atoms with van der Waals surface area (Å²) in [4.78, 5) is 18.0. The van der Waals surface area contributed by atoms with Crippen LogP contribution in [0.25, 0.3) is 11.4 Å². The number of halogens is 2. The molecule has 0 saturated carbocycles. The van der Waals surface area contributed by atoms with Gasteiger partial charge in [0.2, 0.25) is 5.88 Å². The summed E-state index contributed by atoms with van der Waals surface area (Å²) in [5.41, 5.74) is 0.130. The molecular weight excluding hydrogens is 259 g/mol. The molecule has 0 saturated heterocycles. The van der Waals surface area contributed by atoms with E-state index in [0.717, 1.165) is 6.07 Å². The lowest BCUT2D eigenvalue weighted by Gasteiger charge is -2.06. The first-order chi connectivity index (χ1) is 8.52. The summed E-state index contributed by atoms with van der Waals surface area (Å²) in [5.74, 6) is -0.711. The molecule has 94 valence electrons. The van der Waals surface area contributed by atoms with Gasteiger partial charge in [0.05, 0.1) is 10.6 Å². The van der Waals surface area contributed by atoms with Crippen molar-refractivity contribution in [3.05, 3.63) is 45.0 Å². The molecule has 1 heterocycles. The Bertz CT molecular complexity index is 655. The van der Waals surface area contributed by atoms with E-state index in [1.807, 2.05) is 0 Å². The van der Waals surface area contributed by atoms with Gasteiger partial charge in [-0.05, 0) is 24.6 Å². The van der Waals surface area contributed by atoms with E-state index in [4.69, 9.17) is 11.6 Å². The summed E-state index contributed by atoms with van der Waals surface area (Å²) < 4.78 is 12.9. The summed E-state index contributed by atoms with van der Waals surface area (Å²) in [6.45, 7) is 1.73. The highest BCUT2D eigenvalue weighted by molar-refractivity contribution is 6.33. The highest BCUT2D eigenvalue weighted by Gasteiger charge is 2.12. The van der Waals surface area contributed by atoms with Crippen LogP contribution in [0.1, 0.15) is 12.5 Å². The Hall–Kier alpha value is -1.88. The van der Waals surface area contributed by atoms with Gasteiger partial charge < -0.3 is 10.1 Å². The molecule has 6 heteroatoms. The number of hydrogen-bond donors (Lipinski definition) is 2. The van der Waals surface area contributed by atoms with Crippen molar-refractivity contribution in [1.29, 1.82) is 0 Å². The first-order valence-corrected chi connectivity index (χ1v) is 5.68. The van der Waals surface area contributed by atoms with E-state index in [1.54, 1.807) is 6.92 Å². The second-order valence-electron chi connectivity index (χ2n) is 3.69. The van der Waals surface area contributed by atoms with E-state index < -0.39 is 11.4 Å². The van der Waals surface area contributed by atoms with Gasteiger partial charge in [0, 0.05) is 5.56 Å². The zero-order valence-electron chi connectivity index (χ0n) is 9.50. The molecule has 0 aliphatic rings. The Morgan fingerprint density at radius 1 is 1.50 bits per heavy atom. The molecule has 2 rings (SSSR count). The normalized spacial score (nSPS) is 10.6. The van der Waals surface area contributed by atoms with Crippen LogP contribution in [-0.4, -0.2) is 15.1 Å². The summed E-state index contributed by atoms with van der Waals surface area (Å²) in [5, 5.41) is 9.74. The van der Waals surface area contributed by atoms with Crippen molar-refractivity contribution < 1.29 is 9.50 Å². The van der Waals surface area contributed by atoms with Crippen molar-refractivity contribution in [3.63, 3.8) is 0 Å². The Balaban J connectivity index is 2.62. The summed E-state index contributed by atoms with van der Waals surface area (Å²) >= 11 is 5.86. The van der Waals surface area contributed by atoms with Crippen LogP contribution in [0.2, 0.25) is 5.02 Å². The molecule has 18 heavy (non-hydrogen) atoms. The molecule has 0 aliphatic heterocycles. The monoisotopic (exact) mass is 268 g/mol. The van der Waals surface area contributed by atoms with Crippen LogP contribution < -0.4 is 5.56 Å². The van der Waals surface area contributed by atoms with E-state index in [1.165, 1.54) is 12.1 Å². The Morgan fingerprint density at radius 2 is 2.22 bits per heavy atom. The number of nitrogens with zero attached hydrogens (tertiary/aromatic N) is 1. The number of aromatic hydroxyl groups is 1. The number of nitrogens with one attached hydrogen (secondary N) is 1. The van der Waals surface area contributed by atoms with Gasteiger partial charge in [-0.1, -0.05) is 18.5 Å². The number of benzene rings is 1. The highest BCUT2D eigenvalue weighted by atomic mass is 35.5. The molecule has 0 unspecified atom stereocenters. The fourth-order valence-electron chi connectivity index (χ4n) is 1.61. The molecule has 1 aromatic heterocycles. The maximum absolute atomic E-state index is 12.9. The molecular formula is C12H10ClFN2O2. The lowest BCUT2D eigenvalue weighted by atomic mass is 10.2. The van der Waals surface area contributed by atoms with Gasteiger partial charge in [-0.25, -0.2) is 4.39 Å². The van der Waals surface area contributed by atoms with Crippen molar-refractivity contribution in [3.8, 4) is 17.3 Å². The third-order valence-electron chi connectivity index (χ3n) is 2.53. The van der Waals surface area contributed by atoms with Gasteiger partial charge >= 0.3 is 0 Å². The van der Waals surface area contributed by atoms with Crippen molar-refractivity contribution in [2.24, 2.45) is 0 Å². The molecule has 4 nitrogen and oxygen atoms in total. The predicted molar refractivity (Wildman–Crippen MR) is 66.3 cm³/mol. The third kappa shape index (κ3) is 2.22. The van der Waals surface area contributed by atoms with Crippen molar-refractivity contribution >= 4 is 11.6 Å².